The molecule has 1 N–H and O–H groups in total. The second kappa shape index (κ2) is 9.42. The Morgan fingerprint density at radius 2 is 1.86 bits per heavy atom. The third kappa shape index (κ3) is 4.98. The fraction of sp³-hybridized carbons (Fsp3) is 0.391. The van der Waals surface area contributed by atoms with E-state index in [9.17, 15) is 4.79 Å². The van der Waals surface area contributed by atoms with Crippen LogP contribution in [-0.2, 0) is 11.2 Å². The second-order valence-electron chi connectivity index (χ2n) is 7.63. The van der Waals surface area contributed by atoms with Crippen molar-refractivity contribution in [1.29, 1.82) is 0 Å². The minimum Gasteiger partial charge on any atom is -0.356 e. The Balaban J connectivity index is 1.40. The molecular weight excluding hydrogens is 384 g/mol. The summed E-state index contributed by atoms with van der Waals surface area (Å²) in [6, 6.07) is 13.5. The second-order valence-corrected chi connectivity index (χ2v) is 8.06. The minimum atomic E-state index is 0.0343. The summed E-state index contributed by atoms with van der Waals surface area (Å²) < 4.78 is 2.00. The van der Waals surface area contributed by atoms with E-state index in [1.807, 2.05) is 53.1 Å². The quantitative estimate of drug-likeness (QED) is 0.566. The number of nitrogens with one attached hydrogen (secondary N) is 1. The van der Waals surface area contributed by atoms with Gasteiger partial charge in [-0.2, -0.15) is 0 Å². The standard InChI is InChI=1S/C23H27ClN4O/c24-19-10-8-18(9-11-19)23-20(28-16-3-1-7-21(28)26-23)17-22(29)25-12-2-4-13-27-14-5-6-15-27/h1,3,7-11,16H,2,4-6,12-15,17H2,(H,25,29). The molecule has 1 aliphatic heterocycles. The number of carbonyl (C=O) groups excluding carboxylic acids is 1. The van der Waals surface area contributed by atoms with Gasteiger partial charge in [0, 0.05) is 23.3 Å². The van der Waals surface area contributed by atoms with E-state index >= 15 is 0 Å². The molecule has 1 amide bonds. The largest absolute Gasteiger partial charge is 0.356 e. The zero-order valence-electron chi connectivity index (χ0n) is 16.6. The van der Waals surface area contributed by atoms with Crippen LogP contribution in [0.4, 0.5) is 0 Å². The molecule has 0 aliphatic carbocycles. The smallest absolute Gasteiger partial charge is 0.226 e. The molecule has 0 unspecified atom stereocenters. The van der Waals surface area contributed by atoms with Crippen molar-refractivity contribution in [1.82, 2.24) is 19.6 Å². The number of imidazole rings is 1. The highest BCUT2D eigenvalue weighted by atomic mass is 35.5. The van der Waals surface area contributed by atoms with E-state index in [0.29, 0.717) is 11.4 Å². The first-order valence-corrected chi connectivity index (χ1v) is 10.8. The molecule has 6 heteroatoms. The summed E-state index contributed by atoms with van der Waals surface area (Å²) in [5.41, 5.74) is 3.53. The number of carbonyl (C=O) groups is 1. The van der Waals surface area contributed by atoms with Crippen LogP contribution in [0.2, 0.25) is 5.02 Å². The molecule has 0 spiro atoms. The maximum absolute atomic E-state index is 12.6. The lowest BCUT2D eigenvalue weighted by atomic mass is 10.1. The molecule has 1 saturated heterocycles. The van der Waals surface area contributed by atoms with E-state index in [0.717, 1.165) is 48.5 Å². The van der Waals surface area contributed by atoms with Gasteiger partial charge in [-0.3, -0.25) is 4.79 Å². The van der Waals surface area contributed by atoms with Crippen LogP contribution in [-0.4, -0.2) is 46.4 Å². The van der Waals surface area contributed by atoms with Crippen molar-refractivity contribution in [2.45, 2.75) is 32.1 Å². The number of amides is 1. The molecule has 29 heavy (non-hydrogen) atoms. The zero-order chi connectivity index (χ0) is 20.1. The van der Waals surface area contributed by atoms with Crippen LogP contribution in [0.5, 0.6) is 0 Å². The van der Waals surface area contributed by atoms with Gasteiger partial charge < -0.3 is 14.6 Å². The van der Waals surface area contributed by atoms with Crippen molar-refractivity contribution in [3.63, 3.8) is 0 Å². The van der Waals surface area contributed by atoms with Gasteiger partial charge in [0.15, 0.2) is 0 Å². The van der Waals surface area contributed by atoms with Crippen molar-refractivity contribution >= 4 is 23.2 Å². The Kier molecular flexibility index (Phi) is 6.47. The van der Waals surface area contributed by atoms with E-state index < -0.39 is 0 Å². The Morgan fingerprint density at radius 3 is 2.66 bits per heavy atom. The third-order valence-electron chi connectivity index (χ3n) is 5.50. The predicted octanol–water partition coefficient (Wildman–Crippen LogP) is 4.19. The third-order valence-corrected chi connectivity index (χ3v) is 5.75. The molecule has 3 heterocycles. The molecule has 3 aromatic rings. The molecule has 1 aliphatic rings. The number of hydrogen-bond donors (Lipinski definition) is 1. The van der Waals surface area contributed by atoms with E-state index in [2.05, 4.69) is 10.2 Å². The summed E-state index contributed by atoms with van der Waals surface area (Å²) in [7, 11) is 0. The number of pyridine rings is 1. The Morgan fingerprint density at radius 1 is 1.07 bits per heavy atom. The summed E-state index contributed by atoms with van der Waals surface area (Å²) in [6.45, 7) is 4.33. The van der Waals surface area contributed by atoms with Gasteiger partial charge in [-0.1, -0.05) is 29.8 Å². The van der Waals surface area contributed by atoms with Crippen molar-refractivity contribution in [3.05, 3.63) is 59.4 Å². The average molecular weight is 411 g/mol. The van der Waals surface area contributed by atoms with E-state index in [1.54, 1.807) is 0 Å². The van der Waals surface area contributed by atoms with Crippen LogP contribution >= 0.6 is 11.6 Å². The summed E-state index contributed by atoms with van der Waals surface area (Å²) >= 11 is 6.03. The number of hydrogen-bond acceptors (Lipinski definition) is 3. The fourth-order valence-electron chi connectivity index (χ4n) is 3.96. The number of likely N-dealkylation sites (tertiary alicyclic amines) is 1. The van der Waals surface area contributed by atoms with Crippen LogP contribution in [0.1, 0.15) is 31.4 Å². The van der Waals surface area contributed by atoms with Crippen molar-refractivity contribution in [3.8, 4) is 11.3 Å². The molecule has 1 fully saturated rings. The first-order chi connectivity index (χ1) is 14.2. The van der Waals surface area contributed by atoms with Crippen LogP contribution in [0.25, 0.3) is 16.9 Å². The highest BCUT2D eigenvalue weighted by Crippen LogP contribution is 2.26. The van der Waals surface area contributed by atoms with Gasteiger partial charge in [-0.15, -0.1) is 0 Å². The summed E-state index contributed by atoms with van der Waals surface area (Å²) in [6.07, 6.45) is 7.05. The maximum atomic E-state index is 12.6. The first kappa shape index (κ1) is 19.9. The number of aromatic nitrogens is 2. The van der Waals surface area contributed by atoms with Gasteiger partial charge in [0.25, 0.3) is 0 Å². The molecule has 4 rings (SSSR count). The Hall–Kier alpha value is -2.37. The zero-order valence-corrected chi connectivity index (χ0v) is 17.4. The van der Waals surface area contributed by atoms with Crippen molar-refractivity contribution in [2.24, 2.45) is 0 Å². The topological polar surface area (TPSA) is 49.6 Å². The molecule has 0 radical (unpaired) electrons. The monoisotopic (exact) mass is 410 g/mol. The lowest BCUT2D eigenvalue weighted by Crippen LogP contribution is -2.28. The van der Waals surface area contributed by atoms with Gasteiger partial charge in [-0.25, -0.2) is 4.98 Å². The van der Waals surface area contributed by atoms with Gasteiger partial charge in [-0.05, 0) is 69.6 Å². The molecule has 2 aromatic heterocycles. The van der Waals surface area contributed by atoms with Crippen LogP contribution < -0.4 is 5.32 Å². The molecule has 5 nitrogen and oxygen atoms in total. The molecule has 0 bridgehead atoms. The fourth-order valence-corrected chi connectivity index (χ4v) is 4.09. The highest BCUT2D eigenvalue weighted by molar-refractivity contribution is 6.30. The van der Waals surface area contributed by atoms with E-state index in [-0.39, 0.29) is 5.91 Å². The molecule has 0 saturated carbocycles. The average Bonchev–Trinajstić information content (AvgIpc) is 3.37. The number of halogens is 1. The number of nitrogens with zero attached hydrogens (tertiary/aromatic N) is 3. The summed E-state index contributed by atoms with van der Waals surface area (Å²) in [5.74, 6) is 0.0343. The van der Waals surface area contributed by atoms with Crippen LogP contribution in [0.3, 0.4) is 0 Å². The number of rotatable bonds is 8. The molecule has 1 aromatic carbocycles. The Labute approximate surface area is 176 Å². The highest BCUT2D eigenvalue weighted by Gasteiger charge is 2.17. The predicted molar refractivity (Wildman–Crippen MR) is 117 cm³/mol. The molecular formula is C23H27ClN4O. The van der Waals surface area contributed by atoms with Gasteiger partial charge in [0.05, 0.1) is 17.8 Å². The lowest BCUT2D eigenvalue weighted by molar-refractivity contribution is -0.120. The lowest BCUT2D eigenvalue weighted by Gasteiger charge is -2.14. The van der Waals surface area contributed by atoms with Crippen LogP contribution in [0, 0.1) is 0 Å². The van der Waals surface area contributed by atoms with Gasteiger partial charge >= 0.3 is 0 Å². The van der Waals surface area contributed by atoms with Crippen molar-refractivity contribution < 1.29 is 4.79 Å². The normalized spacial score (nSPS) is 14.5. The maximum Gasteiger partial charge on any atom is 0.226 e. The van der Waals surface area contributed by atoms with E-state index in [1.165, 1.54) is 25.9 Å². The Bertz CT molecular complexity index is 961. The number of unbranched alkanes of at least 4 members (excludes halogenated alkanes) is 1. The first-order valence-electron chi connectivity index (χ1n) is 10.4. The van der Waals surface area contributed by atoms with E-state index in [4.69, 9.17) is 16.6 Å². The molecule has 152 valence electrons. The number of benzene rings is 1. The van der Waals surface area contributed by atoms with Gasteiger partial charge in [0.1, 0.15) is 5.65 Å². The number of fused-ring (bicyclic) bond motifs is 1. The SMILES string of the molecule is O=C(Cc1c(-c2ccc(Cl)cc2)nc2ccccn12)NCCCCN1CCCC1. The van der Waals surface area contributed by atoms with Crippen molar-refractivity contribution in [2.75, 3.05) is 26.2 Å². The van der Waals surface area contributed by atoms with Crippen LogP contribution in [0.15, 0.2) is 48.7 Å². The van der Waals surface area contributed by atoms with Gasteiger partial charge in [0.2, 0.25) is 5.91 Å². The molecule has 0 atom stereocenters. The summed E-state index contributed by atoms with van der Waals surface area (Å²) in [4.78, 5) is 19.9. The minimum absolute atomic E-state index is 0.0343. The summed E-state index contributed by atoms with van der Waals surface area (Å²) in [5, 5.41) is 3.77.